The van der Waals surface area contributed by atoms with Gasteiger partial charge in [0.1, 0.15) is 28.2 Å². The van der Waals surface area contributed by atoms with Crippen LogP contribution in [0.15, 0.2) is 163 Å². The third-order valence-corrected chi connectivity index (χ3v) is 13.6. The molecule has 12 heteroatoms. The van der Waals surface area contributed by atoms with Gasteiger partial charge in [0.25, 0.3) is 0 Å². The second-order valence-electron chi connectivity index (χ2n) is 19.8. The molecule has 0 N–H and O–H groups in total. The van der Waals surface area contributed by atoms with E-state index < -0.39 is 5.89 Å². The van der Waals surface area contributed by atoms with Crippen molar-refractivity contribution < 1.29 is 37.3 Å². The van der Waals surface area contributed by atoms with Gasteiger partial charge in [0.2, 0.25) is 34.6 Å². The summed E-state index contributed by atoms with van der Waals surface area (Å²) >= 11 is 0. The van der Waals surface area contributed by atoms with Gasteiger partial charge in [-0.1, -0.05) is 115 Å². The van der Waals surface area contributed by atoms with Crippen LogP contribution in [0, 0.1) is 41.5 Å². The number of oxazole rings is 4. The van der Waals surface area contributed by atoms with Crippen LogP contribution in [0.4, 0.5) is 0 Å². The summed E-state index contributed by atoms with van der Waals surface area (Å²) < 4.78 is 39.3. The molecule has 12 rings (SSSR count). The Hall–Kier alpha value is -8.64. The van der Waals surface area contributed by atoms with Gasteiger partial charge >= 0.3 is 22.9 Å². The Balaban J connectivity index is 0.000000151. The molecule has 0 radical (unpaired) electrons. The molecule has 4 aromatic carbocycles. The quantitative estimate of drug-likeness (QED) is 0.151. The minimum Gasteiger partial charge on any atom is -0.389 e. The highest BCUT2D eigenvalue weighted by atomic mass is 16.4. The predicted molar refractivity (Wildman–Crippen MR) is 313 cm³/mol. The Morgan fingerprint density at radius 1 is 0.346 bits per heavy atom. The van der Waals surface area contributed by atoms with Crippen LogP contribution in [-0.2, 0) is 28.2 Å². The first-order valence-electron chi connectivity index (χ1n) is 26.1. The summed E-state index contributed by atoms with van der Waals surface area (Å²) in [5.74, 6) is 2.08. The van der Waals surface area contributed by atoms with Crippen LogP contribution in [0.2, 0.25) is 0 Å². The highest BCUT2D eigenvalue weighted by Gasteiger charge is 2.25. The Labute approximate surface area is 460 Å². The molecule has 0 saturated carbocycles. The van der Waals surface area contributed by atoms with Gasteiger partial charge in [0.05, 0.1) is 0 Å². The van der Waals surface area contributed by atoms with Crippen molar-refractivity contribution >= 4 is 44.9 Å². The number of pyridine rings is 4. The van der Waals surface area contributed by atoms with Crippen molar-refractivity contribution in [3.05, 3.63) is 191 Å². The zero-order chi connectivity index (χ0) is 54.9. The van der Waals surface area contributed by atoms with Crippen molar-refractivity contribution in [2.45, 2.75) is 95.9 Å². The molecular weight excluding hydrogens is 969 g/mol. The molecule has 0 aliphatic heterocycles. The SMILES string of the molecule is C.C.Cc1ccccc1-c1ccc2nc(C(C)C)oc2[n+]1C.Cc1nc2ccc(-c3ccccc3C)[n+](C)c2o1.Cc1nc2ccc(-c3ccccc3C)[n+](C)c2o1.[2H]C(C)(C)c1nc2ccc(-c3ccccc3C)[n+](C)c2o1. The maximum absolute atomic E-state index is 8.06. The third-order valence-electron chi connectivity index (χ3n) is 13.6. The lowest BCUT2D eigenvalue weighted by Gasteiger charge is -2.03. The summed E-state index contributed by atoms with van der Waals surface area (Å²) in [6, 6.07) is 49.7. The van der Waals surface area contributed by atoms with Crippen molar-refractivity contribution in [1.29, 1.82) is 0 Å². The second-order valence-corrected chi connectivity index (χ2v) is 19.8. The zero-order valence-corrected chi connectivity index (χ0v) is 46.1. The van der Waals surface area contributed by atoms with Crippen molar-refractivity contribution in [1.82, 2.24) is 19.9 Å². The van der Waals surface area contributed by atoms with Gasteiger partial charge in [-0.25, -0.2) is 19.9 Å². The Morgan fingerprint density at radius 3 is 0.885 bits per heavy atom. The normalized spacial score (nSPS) is 11.3. The van der Waals surface area contributed by atoms with Crippen LogP contribution >= 0.6 is 0 Å². The molecule has 0 aliphatic rings. The molecule has 8 heterocycles. The fraction of sp³-hybridized carbons (Fsp3) is 0.273. The maximum Gasteiger partial charge on any atom is 0.401 e. The largest absolute Gasteiger partial charge is 0.401 e. The van der Waals surface area contributed by atoms with E-state index in [1.807, 2.05) is 89.1 Å². The third kappa shape index (κ3) is 11.7. The van der Waals surface area contributed by atoms with Crippen LogP contribution in [0.5, 0.6) is 0 Å². The lowest BCUT2D eigenvalue weighted by atomic mass is 10.1. The topological polar surface area (TPSA) is 120 Å². The Bertz CT molecular complexity index is 3970. The standard InChI is InChI=1S/2C17H19N2O.2C15H15N2O.2CH4/c2*1-11(2)16-18-14-9-10-15(19(4)17(14)20-16)13-8-6-5-7-12(13)3;2*1-10-6-4-5-7-12(10)14-9-8-13-15(17(14)3)18-11(2)16-13;;/h2*5-11H,1-4H3;2*4-9H,1-3H3;2*1H4/q4*+1;;/i11D;;;;;. The lowest BCUT2D eigenvalue weighted by molar-refractivity contribution is -0.640. The van der Waals surface area contributed by atoms with E-state index in [-0.39, 0.29) is 14.9 Å². The van der Waals surface area contributed by atoms with Gasteiger partial charge in [-0.05, 0) is 98.5 Å². The van der Waals surface area contributed by atoms with Gasteiger partial charge in [-0.3, -0.25) is 0 Å². The highest BCUT2D eigenvalue weighted by molar-refractivity contribution is 5.73. The molecule has 8 aromatic heterocycles. The van der Waals surface area contributed by atoms with E-state index >= 15 is 0 Å². The van der Waals surface area contributed by atoms with E-state index in [9.17, 15) is 0 Å². The fourth-order valence-electron chi connectivity index (χ4n) is 9.42. The first-order valence-corrected chi connectivity index (χ1v) is 25.6. The number of aromatic nitrogens is 8. The van der Waals surface area contributed by atoms with E-state index in [0.29, 0.717) is 29.3 Å². The summed E-state index contributed by atoms with van der Waals surface area (Å²) in [5.41, 5.74) is 20.9. The number of benzene rings is 4. The van der Waals surface area contributed by atoms with Crippen LogP contribution < -0.4 is 18.3 Å². The Morgan fingerprint density at radius 2 is 0.603 bits per heavy atom. The lowest BCUT2D eigenvalue weighted by Crippen LogP contribution is -2.31. The molecule has 0 fully saturated rings. The molecule has 0 spiro atoms. The van der Waals surface area contributed by atoms with Crippen molar-refractivity contribution in [3.8, 4) is 45.0 Å². The minimum absolute atomic E-state index is 0. The van der Waals surface area contributed by atoms with Gasteiger partial charge in [-0.2, -0.15) is 18.3 Å². The van der Waals surface area contributed by atoms with Gasteiger partial charge in [0, 0.05) is 73.5 Å². The molecule has 0 bridgehead atoms. The van der Waals surface area contributed by atoms with E-state index in [0.717, 1.165) is 67.9 Å². The minimum atomic E-state index is -0.838. The molecule has 0 unspecified atom stereocenters. The molecule has 0 saturated heterocycles. The van der Waals surface area contributed by atoms with Crippen LogP contribution in [-0.4, -0.2) is 19.9 Å². The molecule has 12 aromatic rings. The monoisotopic (exact) mass is 1050 g/mol. The first-order chi connectivity index (χ1) is 36.8. The van der Waals surface area contributed by atoms with E-state index in [4.69, 9.17) is 19.0 Å². The van der Waals surface area contributed by atoms with Crippen LogP contribution in [0.3, 0.4) is 0 Å². The van der Waals surface area contributed by atoms with Crippen molar-refractivity contribution in [2.75, 3.05) is 0 Å². The average molecular weight is 1050 g/mol. The molecule has 78 heavy (non-hydrogen) atoms. The van der Waals surface area contributed by atoms with Crippen molar-refractivity contribution in [2.24, 2.45) is 28.2 Å². The summed E-state index contributed by atoms with van der Waals surface area (Å²) in [6.07, 6.45) is 0. The number of aryl methyl sites for hydroxylation is 10. The first kappa shape index (κ1) is 55.6. The zero-order valence-electron chi connectivity index (χ0n) is 47.1. The number of rotatable bonds is 6. The summed E-state index contributed by atoms with van der Waals surface area (Å²) in [7, 11) is 8.01. The molecule has 400 valence electrons. The van der Waals surface area contributed by atoms with E-state index in [2.05, 4.69) is 178 Å². The number of nitrogens with zero attached hydrogens (tertiary/aromatic N) is 8. The molecule has 12 nitrogen and oxygen atoms in total. The maximum atomic E-state index is 8.06. The van der Waals surface area contributed by atoms with Crippen LogP contribution in [0.25, 0.3) is 90.0 Å². The molecule has 0 aliphatic carbocycles. The van der Waals surface area contributed by atoms with Gasteiger partial charge < -0.3 is 17.7 Å². The Kier molecular flexibility index (Phi) is 17.2. The summed E-state index contributed by atoms with van der Waals surface area (Å²) in [4.78, 5) is 17.7. The number of fused-ring (bicyclic) bond motifs is 4. The van der Waals surface area contributed by atoms with E-state index in [1.165, 1.54) is 44.5 Å². The highest BCUT2D eigenvalue weighted by Crippen LogP contribution is 2.28. The molecular formula is C66H76N8O4+4. The number of hydrogen-bond acceptors (Lipinski definition) is 8. The summed E-state index contributed by atoms with van der Waals surface area (Å²) in [5, 5.41) is 0. The smallest absolute Gasteiger partial charge is 0.389 e. The molecule has 0 amide bonds. The van der Waals surface area contributed by atoms with E-state index in [1.54, 1.807) is 13.8 Å². The second kappa shape index (κ2) is 24.1. The van der Waals surface area contributed by atoms with Crippen molar-refractivity contribution in [3.63, 3.8) is 0 Å². The van der Waals surface area contributed by atoms with Crippen LogP contribution in [0.1, 0.15) is 102 Å². The van der Waals surface area contributed by atoms with Gasteiger partial charge in [0.15, 0.2) is 33.8 Å². The summed E-state index contributed by atoms with van der Waals surface area (Å²) in [6.45, 7) is 19.9. The van der Waals surface area contributed by atoms with Gasteiger partial charge in [-0.15, -0.1) is 0 Å². The molecule has 0 atom stereocenters. The average Bonchev–Trinajstić information content (AvgIpc) is 4.26. The predicted octanol–water partition coefficient (Wildman–Crippen LogP) is 14.6. The fourth-order valence-corrected chi connectivity index (χ4v) is 9.42. The number of hydrogen-bond donors (Lipinski definition) is 0.